The van der Waals surface area contributed by atoms with Crippen LogP contribution in [0.25, 0.3) is 0 Å². The fourth-order valence-corrected chi connectivity index (χ4v) is 5.88. The van der Waals surface area contributed by atoms with Crippen molar-refractivity contribution >= 4 is 28.9 Å². The summed E-state index contributed by atoms with van der Waals surface area (Å²) in [4.78, 5) is 15.6. The maximum absolute atomic E-state index is 14.9. The molecule has 0 aromatic heterocycles. The molecule has 2 heterocycles. The average Bonchev–Trinajstić information content (AvgIpc) is 3.44. The van der Waals surface area contributed by atoms with Gasteiger partial charge in [0.1, 0.15) is 12.0 Å². The van der Waals surface area contributed by atoms with Crippen molar-refractivity contribution in [2.75, 3.05) is 30.4 Å². The Balaban J connectivity index is 1.47. The van der Waals surface area contributed by atoms with Crippen molar-refractivity contribution < 1.29 is 19.0 Å². The fourth-order valence-electron chi connectivity index (χ4n) is 5.70. The van der Waals surface area contributed by atoms with E-state index in [1.54, 1.807) is 25.1 Å². The van der Waals surface area contributed by atoms with E-state index in [9.17, 15) is 14.3 Å². The second-order valence-corrected chi connectivity index (χ2v) is 11.0. The Morgan fingerprint density at radius 1 is 1.08 bits per heavy atom. The van der Waals surface area contributed by atoms with Crippen LogP contribution in [0.5, 0.6) is 0 Å². The average molecular weight is 552 g/mol. The summed E-state index contributed by atoms with van der Waals surface area (Å²) in [5, 5.41) is 18.7. The molecule has 2 aliphatic rings. The Kier molecular flexibility index (Phi) is 8.52. The van der Waals surface area contributed by atoms with Crippen molar-refractivity contribution in [3.8, 4) is 0 Å². The number of carbonyl (C=O) groups excluding carboxylic acids is 1. The Hall–Kier alpha value is -2.97. The summed E-state index contributed by atoms with van der Waals surface area (Å²) in [6.45, 7) is 5.66. The largest absolute Gasteiger partial charge is 0.380 e. The van der Waals surface area contributed by atoms with Crippen LogP contribution in [0.15, 0.2) is 60.7 Å². The van der Waals surface area contributed by atoms with Crippen LogP contribution in [0.1, 0.15) is 53.8 Å². The van der Waals surface area contributed by atoms with Crippen LogP contribution in [-0.2, 0) is 9.53 Å². The minimum absolute atomic E-state index is 0.160. The normalized spacial score (nSPS) is 22.4. The van der Waals surface area contributed by atoms with E-state index in [2.05, 4.69) is 10.6 Å². The zero-order valence-electron chi connectivity index (χ0n) is 22.3. The van der Waals surface area contributed by atoms with Crippen molar-refractivity contribution in [2.24, 2.45) is 5.92 Å². The SMILES string of the molecule is Cc1ccc(NC(=O)[C@H]2CCCN(C(O)c3c(C)cccc3F)[C@H]2c2ccc(NC3CCOC3)cc2)cc1Cl. The lowest BCUT2D eigenvalue weighted by molar-refractivity contribution is -0.128. The third kappa shape index (κ3) is 6.12. The molecule has 0 saturated carbocycles. The number of halogens is 2. The zero-order valence-corrected chi connectivity index (χ0v) is 23.0. The molecule has 2 unspecified atom stereocenters. The number of aliphatic hydroxyl groups excluding tert-OH is 1. The molecular formula is C31H35ClFN3O3. The molecule has 0 spiro atoms. The van der Waals surface area contributed by atoms with E-state index in [0.29, 0.717) is 42.3 Å². The van der Waals surface area contributed by atoms with Crippen molar-refractivity contribution in [3.63, 3.8) is 0 Å². The van der Waals surface area contributed by atoms with Gasteiger partial charge in [0.15, 0.2) is 0 Å². The molecule has 2 fully saturated rings. The van der Waals surface area contributed by atoms with Gasteiger partial charge in [0, 0.05) is 41.2 Å². The maximum Gasteiger partial charge on any atom is 0.229 e. The van der Waals surface area contributed by atoms with Crippen molar-refractivity contribution in [1.29, 1.82) is 0 Å². The molecule has 3 aromatic rings. The predicted molar refractivity (Wildman–Crippen MR) is 152 cm³/mol. The highest BCUT2D eigenvalue weighted by atomic mass is 35.5. The van der Waals surface area contributed by atoms with Crippen LogP contribution in [0.3, 0.4) is 0 Å². The van der Waals surface area contributed by atoms with Gasteiger partial charge < -0.3 is 20.5 Å². The number of amides is 1. The first-order chi connectivity index (χ1) is 18.8. The summed E-state index contributed by atoms with van der Waals surface area (Å²) in [5.41, 5.74) is 4.32. The molecule has 206 valence electrons. The summed E-state index contributed by atoms with van der Waals surface area (Å²) >= 11 is 6.30. The van der Waals surface area contributed by atoms with Gasteiger partial charge in [-0.15, -0.1) is 0 Å². The van der Waals surface area contributed by atoms with Gasteiger partial charge in [-0.2, -0.15) is 0 Å². The van der Waals surface area contributed by atoms with E-state index in [0.717, 1.165) is 29.8 Å². The number of aryl methyl sites for hydroxylation is 2. The van der Waals surface area contributed by atoms with E-state index < -0.39 is 24.0 Å². The number of benzene rings is 3. The molecule has 8 heteroatoms. The number of likely N-dealkylation sites (tertiary alicyclic amines) is 1. The number of carbonyl (C=O) groups is 1. The van der Waals surface area contributed by atoms with E-state index in [-0.39, 0.29) is 17.5 Å². The maximum atomic E-state index is 14.9. The molecule has 3 N–H and O–H groups in total. The van der Waals surface area contributed by atoms with Crippen LogP contribution in [-0.4, -0.2) is 41.7 Å². The molecule has 0 radical (unpaired) electrons. The first-order valence-electron chi connectivity index (χ1n) is 13.5. The standard InChI is InChI=1S/C31H35ClFN3O3/c1-19-8-11-23(17-26(19)32)35-30(37)25-6-4-15-36(31(38)28-20(2)5-3-7-27(28)33)29(25)21-9-12-22(13-10-21)34-24-14-16-39-18-24/h3,5,7-13,17,24-25,29,31,34,38H,4,6,14-16,18H2,1-2H3,(H,35,37)/t24?,25-,29-,31?/m0/s1. The minimum atomic E-state index is -1.20. The molecule has 4 atom stereocenters. The summed E-state index contributed by atoms with van der Waals surface area (Å²) in [6, 6.07) is 18.0. The number of rotatable bonds is 7. The Morgan fingerprint density at radius 2 is 1.85 bits per heavy atom. The summed E-state index contributed by atoms with van der Waals surface area (Å²) in [6.07, 6.45) is 1.08. The van der Waals surface area contributed by atoms with Gasteiger partial charge in [-0.3, -0.25) is 9.69 Å². The zero-order chi connectivity index (χ0) is 27.5. The smallest absolute Gasteiger partial charge is 0.229 e. The first kappa shape index (κ1) is 27.6. The minimum Gasteiger partial charge on any atom is -0.380 e. The molecule has 2 saturated heterocycles. The molecular weight excluding hydrogens is 517 g/mol. The van der Waals surface area contributed by atoms with Crippen LogP contribution in [0, 0.1) is 25.6 Å². The van der Waals surface area contributed by atoms with E-state index in [1.165, 1.54) is 6.07 Å². The first-order valence-corrected chi connectivity index (χ1v) is 13.9. The van der Waals surface area contributed by atoms with E-state index in [1.807, 2.05) is 48.2 Å². The molecule has 3 aromatic carbocycles. The highest BCUT2D eigenvalue weighted by Gasteiger charge is 2.41. The van der Waals surface area contributed by atoms with Crippen LogP contribution in [0.4, 0.5) is 15.8 Å². The van der Waals surface area contributed by atoms with Gasteiger partial charge in [-0.25, -0.2) is 4.39 Å². The number of anilines is 2. The van der Waals surface area contributed by atoms with E-state index >= 15 is 0 Å². The third-order valence-corrected chi connectivity index (χ3v) is 8.25. The van der Waals surface area contributed by atoms with Crippen molar-refractivity contribution in [1.82, 2.24) is 4.90 Å². The molecule has 6 nitrogen and oxygen atoms in total. The number of ether oxygens (including phenoxy) is 1. The van der Waals surface area contributed by atoms with Gasteiger partial charge in [0.25, 0.3) is 0 Å². The van der Waals surface area contributed by atoms with Gasteiger partial charge in [-0.05, 0) is 80.1 Å². The Labute approximate surface area is 234 Å². The second-order valence-electron chi connectivity index (χ2n) is 10.6. The van der Waals surface area contributed by atoms with Gasteiger partial charge >= 0.3 is 0 Å². The monoisotopic (exact) mass is 551 g/mol. The van der Waals surface area contributed by atoms with E-state index in [4.69, 9.17) is 16.3 Å². The molecule has 1 amide bonds. The van der Waals surface area contributed by atoms with Crippen molar-refractivity contribution in [3.05, 3.63) is 93.8 Å². The van der Waals surface area contributed by atoms with Gasteiger partial charge in [-0.1, -0.05) is 41.9 Å². The lowest BCUT2D eigenvalue weighted by Crippen LogP contribution is -2.45. The number of nitrogens with zero attached hydrogens (tertiary/aromatic N) is 1. The van der Waals surface area contributed by atoms with Crippen LogP contribution < -0.4 is 10.6 Å². The number of aliphatic hydroxyl groups is 1. The molecule has 5 rings (SSSR count). The Morgan fingerprint density at radius 3 is 2.54 bits per heavy atom. The molecule has 39 heavy (non-hydrogen) atoms. The third-order valence-electron chi connectivity index (χ3n) is 7.84. The molecule has 0 bridgehead atoms. The summed E-state index contributed by atoms with van der Waals surface area (Å²) < 4.78 is 20.4. The number of nitrogens with one attached hydrogen (secondary N) is 2. The predicted octanol–water partition coefficient (Wildman–Crippen LogP) is 6.38. The number of piperidine rings is 1. The van der Waals surface area contributed by atoms with Crippen LogP contribution in [0.2, 0.25) is 5.02 Å². The second kappa shape index (κ2) is 12.0. The number of hydrogen-bond acceptors (Lipinski definition) is 5. The Bertz CT molecular complexity index is 1290. The highest BCUT2D eigenvalue weighted by molar-refractivity contribution is 6.31. The molecule has 2 aliphatic heterocycles. The quantitative estimate of drug-likeness (QED) is 0.318. The lowest BCUT2D eigenvalue weighted by Gasteiger charge is -2.43. The van der Waals surface area contributed by atoms with Crippen molar-refractivity contribution in [2.45, 2.75) is 51.4 Å². The highest BCUT2D eigenvalue weighted by Crippen LogP contribution is 2.42. The topological polar surface area (TPSA) is 73.8 Å². The summed E-state index contributed by atoms with van der Waals surface area (Å²) in [5.74, 6) is -1.09. The van der Waals surface area contributed by atoms with Crippen LogP contribution >= 0.6 is 11.6 Å². The van der Waals surface area contributed by atoms with Gasteiger partial charge in [0.05, 0.1) is 18.6 Å². The van der Waals surface area contributed by atoms with Gasteiger partial charge in [0.2, 0.25) is 5.91 Å². The summed E-state index contributed by atoms with van der Waals surface area (Å²) in [7, 11) is 0. The lowest BCUT2D eigenvalue weighted by atomic mass is 9.83. The molecule has 0 aliphatic carbocycles. The number of hydrogen-bond donors (Lipinski definition) is 3. The fraction of sp³-hybridized carbons (Fsp3) is 0.387.